The van der Waals surface area contributed by atoms with Gasteiger partial charge < -0.3 is 10.6 Å². The zero-order chi connectivity index (χ0) is 12.3. The summed E-state index contributed by atoms with van der Waals surface area (Å²) in [6, 6.07) is 0. The highest BCUT2D eigenvalue weighted by Crippen LogP contribution is 2.08. The topological polar surface area (TPSA) is 41.6 Å². The fourth-order valence-electron chi connectivity index (χ4n) is 2.12. The third kappa shape index (κ3) is 5.87. The van der Waals surface area contributed by atoms with Crippen molar-refractivity contribution in [1.29, 1.82) is 0 Å². The molecule has 0 aromatic rings. The summed E-state index contributed by atoms with van der Waals surface area (Å²) in [4.78, 5) is 6.86. The number of aliphatic imine (C=N–C) groups is 1. The van der Waals surface area contributed by atoms with E-state index < -0.39 is 0 Å². The van der Waals surface area contributed by atoms with Gasteiger partial charge in [0, 0.05) is 26.1 Å². The molecule has 0 bridgehead atoms. The number of nitrogens with zero attached hydrogens (tertiary/aromatic N) is 2. The van der Waals surface area contributed by atoms with E-state index in [-0.39, 0.29) is 0 Å². The summed E-state index contributed by atoms with van der Waals surface area (Å²) in [5.41, 5.74) is 5.58. The molecule has 0 amide bonds. The summed E-state index contributed by atoms with van der Waals surface area (Å²) in [6.07, 6.45) is 12.0. The maximum atomic E-state index is 5.58. The third-order valence-electron chi connectivity index (χ3n) is 3.10. The highest BCUT2D eigenvalue weighted by Gasteiger charge is 2.14. The van der Waals surface area contributed by atoms with Crippen LogP contribution in [-0.2, 0) is 0 Å². The number of nitrogens with two attached hydrogens (primary N) is 1. The maximum Gasteiger partial charge on any atom is 0.0993 e. The van der Waals surface area contributed by atoms with Crippen molar-refractivity contribution in [3.63, 3.8) is 0 Å². The zero-order valence-electron chi connectivity index (χ0n) is 11.2. The Morgan fingerprint density at radius 3 is 2.88 bits per heavy atom. The summed E-state index contributed by atoms with van der Waals surface area (Å²) in [5, 5.41) is 0. The van der Waals surface area contributed by atoms with Crippen molar-refractivity contribution < 1.29 is 0 Å². The van der Waals surface area contributed by atoms with Crippen molar-refractivity contribution in [3.8, 4) is 0 Å². The lowest BCUT2D eigenvalue weighted by atomic mass is 10.2. The molecule has 0 atom stereocenters. The Labute approximate surface area is 106 Å². The Hall–Kier alpha value is -0.830. The predicted octanol–water partition coefficient (Wildman–Crippen LogP) is 2.58. The highest BCUT2D eigenvalue weighted by atomic mass is 15.2. The first-order valence-electron chi connectivity index (χ1n) is 7.01. The summed E-state index contributed by atoms with van der Waals surface area (Å²) < 4.78 is 0. The number of hydrogen-bond acceptors (Lipinski definition) is 3. The van der Waals surface area contributed by atoms with Crippen LogP contribution in [0, 0.1) is 0 Å². The molecule has 1 heterocycles. The van der Waals surface area contributed by atoms with Gasteiger partial charge in [0.15, 0.2) is 0 Å². The zero-order valence-corrected chi connectivity index (χ0v) is 11.2. The number of unbranched alkanes of at least 4 members (excludes halogenated alkanes) is 3. The summed E-state index contributed by atoms with van der Waals surface area (Å²) in [6.45, 7) is 5.95. The average Bonchev–Trinajstić information content (AvgIpc) is 2.76. The molecule has 0 saturated heterocycles. The van der Waals surface area contributed by atoms with Crippen LogP contribution in [0.2, 0.25) is 0 Å². The Morgan fingerprint density at radius 1 is 1.29 bits per heavy atom. The van der Waals surface area contributed by atoms with E-state index in [2.05, 4.69) is 29.0 Å². The van der Waals surface area contributed by atoms with Crippen molar-refractivity contribution in [2.24, 2.45) is 10.7 Å². The van der Waals surface area contributed by atoms with Crippen LogP contribution in [0.15, 0.2) is 17.1 Å². The van der Waals surface area contributed by atoms with Gasteiger partial charge in [0.05, 0.1) is 12.4 Å². The average molecular weight is 237 g/mol. The molecule has 1 rings (SSSR count). The molecule has 0 fully saturated rings. The Kier molecular flexibility index (Phi) is 7.72. The minimum atomic E-state index is 0.728. The van der Waals surface area contributed by atoms with Crippen LogP contribution in [0.3, 0.4) is 0 Å². The van der Waals surface area contributed by atoms with Gasteiger partial charge in [-0.15, -0.1) is 0 Å². The molecule has 17 heavy (non-hydrogen) atoms. The first-order valence-corrected chi connectivity index (χ1v) is 7.01. The minimum absolute atomic E-state index is 0.728. The molecular formula is C14H27N3. The van der Waals surface area contributed by atoms with Crippen molar-refractivity contribution in [1.82, 2.24) is 4.90 Å². The summed E-state index contributed by atoms with van der Waals surface area (Å²) in [5.74, 6) is 1.26. The molecule has 0 aromatic carbocycles. The van der Waals surface area contributed by atoms with E-state index in [1.807, 2.05) is 0 Å². The third-order valence-corrected chi connectivity index (χ3v) is 3.10. The Morgan fingerprint density at radius 2 is 2.12 bits per heavy atom. The Balaban J connectivity index is 2.09. The van der Waals surface area contributed by atoms with E-state index >= 15 is 0 Å². The van der Waals surface area contributed by atoms with Crippen molar-refractivity contribution >= 4 is 5.84 Å². The smallest absolute Gasteiger partial charge is 0.0993 e. The normalized spacial score (nSPS) is 15.9. The van der Waals surface area contributed by atoms with Crippen LogP contribution in [0.25, 0.3) is 0 Å². The number of hydrogen-bond donors (Lipinski definition) is 1. The molecule has 3 heteroatoms. The molecule has 3 nitrogen and oxygen atoms in total. The van der Waals surface area contributed by atoms with Crippen molar-refractivity contribution in [2.75, 3.05) is 26.2 Å². The first kappa shape index (κ1) is 14.2. The summed E-state index contributed by atoms with van der Waals surface area (Å²) in [7, 11) is 0. The molecule has 1 aliphatic heterocycles. The minimum Gasteiger partial charge on any atom is -0.357 e. The van der Waals surface area contributed by atoms with Gasteiger partial charge in [-0.05, 0) is 19.3 Å². The lowest BCUT2D eigenvalue weighted by Gasteiger charge is -2.18. The summed E-state index contributed by atoms with van der Waals surface area (Å²) >= 11 is 0. The van der Waals surface area contributed by atoms with E-state index in [0.29, 0.717) is 0 Å². The fraction of sp³-hybridized carbons (Fsp3) is 0.786. The van der Waals surface area contributed by atoms with Gasteiger partial charge in [-0.1, -0.05) is 31.9 Å². The van der Waals surface area contributed by atoms with Crippen LogP contribution in [0.1, 0.15) is 45.4 Å². The van der Waals surface area contributed by atoms with E-state index in [1.165, 1.54) is 31.5 Å². The molecule has 0 radical (unpaired) electrons. The van der Waals surface area contributed by atoms with E-state index in [1.54, 1.807) is 0 Å². The lowest BCUT2D eigenvalue weighted by molar-refractivity contribution is 0.459. The second-order valence-electron chi connectivity index (χ2n) is 4.58. The predicted molar refractivity (Wildman–Crippen MR) is 75.4 cm³/mol. The second kappa shape index (κ2) is 9.23. The molecule has 2 N–H and O–H groups in total. The molecule has 0 aliphatic carbocycles. The van der Waals surface area contributed by atoms with Gasteiger partial charge in [-0.2, -0.15) is 0 Å². The second-order valence-corrected chi connectivity index (χ2v) is 4.58. The SMILES string of the molecule is CCCCC/C=C/CCC1=NCCN1CCN. The molecule has 0 saturated carbocycles. The number of allylic oxidation sites excluding steroid dienone is 2. The standard InChI is InChI=1S/C14H27N3/c1-2-3-4-5-6-7-8-9-14-16-11-13-17(14)12-10-15/h6-7H,2-5,8-13,15H2,1H3/b7-6+. The molecule has 0 unspecified atom stereocenters. The largest absolute Gasteiger partial charge is 0.357 e. The van der Waals surface area contributed by atoms with Gasteiger partial charge >= 0.3 is 0 Å². The molecule has 1 aliphatic rings. The lowest BCUT2D eigenvalue weighted by Crippen LogP contribution is -2.32. The van der Waals surface area contributed by atoms with Gasteiger partial charge in [0.2, 0.25) is 0 Å². The van der Waals surface area contributed by atoms with Crippen molar-refractivity contribution in [3.05, 3.63) is 12.2 Å². The van der Waals surface area contributed by atoms with E-state index in [4.69, 9.17) is 5.73 Å². The number of amidine groups is 1. The van der Waals surface area contributed by atoms with Crippen LogP contribution in [0.4, 0.5) is 0 Å². The van der Waals surface area contributed by atoms with Gasteiger partial charge in [-0.3, -0.25) is 4.99 Å². The van der Waals surface area contributed by atoms with Gasteiger partial charge in [-0.25, -0.2) is 0 Å². The molecule has 0 aromatic heterocycles. The van der Waals surface area contributed by atoms with E-state index in [0.717, 1.165) is 39.0 Å². The first-order chi connectivity index (χ1) is 8.38. The molecule has 0 spiro atoms. The molecule has 98 valence electrons. The highest BCUT2D eigenvalue weighted by molar-refractivity contribution is 5.83. The monoisotopic (exact) mass is 237 g/mol. The number of rotatable bonds is 9. The fourth-order valence-corrected chi connectivity index (χ4v) is 2.12. The van der Waals surface area contributed by atoms with Crippen molar-refractivity contribution in [2.45, 2.75) is 45.4 Å². The maximum absolute atomic E-state index is 5.58. The van der Waals surface area contributed by atoms with Gasteiger partial charge in [0.1, 0.15) is 0 Å². The Bertz CT molecular complexity index is 246. The van der Waals surface area contributed by atoms with Crippen LogP contribution in [-0.4, -0.2) is 36.9 Å². The quantitative estimate of drug-likeness (QED) is 0.494. The van der Waals surface area contributed by atoms with Crippen LogP contribution in [0.5, 0.6) is 0 Å². The molecular weight excluding hydrogens is 210 g/mol. The van der Waals surface area contributed by atoms with E-state index in [9.17, 15) is 0 Å². The van der Waals surface area contributed by atoms with Crippen LogP contribution < -0.4 is 5.73 Å². The van der Waals surface area contributed by atoms with Crippen LogP contribution >= 0.6 is 0 Å². The van der Waals surface area contributed by atoms with Gasteiger partial charge in [0.25, 0.3) is 0 Å².